The second kappa shape index (κ2) is 13.0. The van der Waals surface area contributed by atoms with E-state index >= 15 is 0 Å². The molecule has 5 rings (SSSR count). The van der Waals surface area contributed by atoms with Gasteiger partial charge in [-0.1, -0.05) is 50.1 Å². The highest BCUT2D eigenvalue weighted by molar-refractivity contribution is 7.30. The quantitative estimate of drug-likeness (QED) is 0.0913. The smallest absolute Gasteiger partial charge is 0.140 e. The number of hydrogen-bond acceptors (Lipinski definition) is 6. The number of anilines is 1. The Bertz CT molecular complexity index is 1660. The maximum Gasteiger partial charge on any atom is 0.140 e. The molecule has 2 aromatic heterocycles. The third-order valence-corrected chi connectivity index (χ3v) is 9.27. The molecule has 0 saturated heterocycles. The molecule has 0 saturated carbocycles. The monoisotopic (exact) mass is 562 g/mol. The Kier molecular flexibility index (Phi) is 9.05. The summed E-state index contributed by atoms with van der Waals surface area (Å²) in [5.74, 6) is 0. The van der Waals surface area contributed by atoms with Crippen LogP contribution in [-0.4, -0.2) is 13.1 Å². The average molecular weight is 563 g/mol. The molecular formula is C34H34N4S2. The van der Waals surface area contributed by atoms with Gasteiger partial charge in [-0.25, -0.2) is 0 Å². The summed E-state index contributed by atoms with van der Waals surface area (Å²) in [6.07, 6.45) is 6.86. The summed E-state index contributed by atoms with van der Waals surface area (Å²) in [7, 11) is 0. The van der Waals surface area contributed by atoms with E-state index in [1.807, 2.05) is 18.2 Å². The van der Waals surface area contributed by atoms with Gasteiger partial charge in [0.05, 0.1) is 17.3 Å². The third-order valence-electron chi connectivity index (χ3n) is 7.15. The minimum absolute atomic E-state index is 0.677. The molecule has 0 aliphatic rings. The summed E-state index contributed by atoms with van der Waals surface area (Å²) in [6.45, 7) is 8.53. The molecule has 3 aromatic carbocycles. The molecule has 5 aromatic rings. The molecule has 0 amide bonds. The number of aryl methyl sites for hydroxylation is 1. The lowest BCUT2D eigenvalue weighted by Crippen LogP contribution is -2.21. The van der Waals surface area contributed by atoms with Gasteiger partial charge in [-0.15, -0.1) is 32.9 Å². The zero-order chi connectivity index (χ0) is 27.9. The molecule has 40 heavy (non-hydrogen) atoms. The number of azo groups is 1. The molecule has 0 bridgehead atoms. The number of hydrogen-bond donors (Lipinski definition) is 0. The minimum Gasteiger partial charge on any atom is -0.372 e. The van der Waals surface area contributed by atoms with Crippen LogP contribution in [0.5, 0.6) is 0 Å². The number of thiophene rings is 2. The average Bonchev–Trinajstić information content (AvgIpc) is 3.54. The number of unbranched alkanes of at least 4 members (excludes halogenated alkanes) is 2. The molecule has 6 heteroatoms. The van der Waals surface area contributed by atoms with Crippen LogP contribution in [0, 0.1) is 11.3 Å². The molecule has 0 atom stereocenters. The van der Waals surface area contributed by atoms with Crippen LogP contribution in [-0.2, 0) is 6.42 Å². The lowest BCUT2D eigenvalue weighted by molar-refractivity contribution is 0.718. The highest BCUT2D eigenvalue weighted by Gasteiger charge is 2.09. The van der Waals surface area contributed by atoms with Gasteiger partial charge in [0, 0.05) is 33.1 Å². The van der Waals surface area contributed by atoms with Crippen molar-refractivity contribution in [1.29, 1.82) is 5.26 Å². The van der Waals surface area contributed by atoms with Gasteiger partial charge in [0.1, 0.15) is 5.00 Å². The lowest BCUT2D eigenvalue weighted by Gasteiger charge is -2.20. The van der Waals surface area contributed by atoms with E-state index < -0.39 is 0 Å². The highest BCUT2D eigenvalue weighted by Crippen LogP contribution is 2.39. The molecule has 0 fully saturated rings. The first-order valence-corrected chi connectivity index (χ1v) is 15.7. The number of nitriles is 1. The zero-order valence-electron chi connectivity index (χ0n) is 23.4. The lowest BCUT2D eigenvalue weighted by atomic mass is 9.98. The molecular weight excluding hydrogens is 529 g/mol. The first-order valence-electron chi connectivity index (χ1n) is 14.0. The van der Waals surface area contributed by atoms with Crippen LogP contribution in [0.15, 0.2) is 83.0 Å². The summed E-state index contributed by atoms with van der Waals surface area (Å²) in [5.41, 5.74) is 5.06. The Hall–Kier alpha value is -3.79. The van der Waals surface area contributed by atoms with Gasteiger partial charge in [-0.05, 0) is 97.1 Å². The van der Waals surface area contributed by atoms with Crippen LogP contribution in [0.4, 0.5) is 16.4 Å². The van der Waals surface area contributed by atoms with Crippen molar-refractivity contribution in [2.75, 3.05) is 18.0 Å². The Labute approximate surface area is 244 Å². The first kappa shape index (κ1) is 27.8. The zero-order valence-corrected chi connectivity index (χ0v) is 25.0. The van der Waals surface area contributed by atoms with Crippen molar-refractivity contribution < 1.29 is 0 Å². The molecule has 0 N–H and O–H groups in total. The number of rotatable bonds is 11. The fourth-order valence-corrected chi connectivity index (χ4v) is 7.07. The Balaban J connectivity index is 1.30. The number of benzene rings is 3. The van der Waals surface area contributed by atoms with Crippen molar-refractivity contribution in [2.45, 2.75) is 46.5 Å². The summed E-state index contributed by atoms with van der Waals surface area (Å²) < 4.78 is 2.32. The molecule has 0 radical (unpaired) electrons. The molecule has 202 valence electrons. The molecule has 0 spiro atoms. The van der Waals surface area contributed by atoms with Crippen LogP contribution in [0.2, 0.25) is 0 Å². The van der Waals surface area contributed by atoms with Crippen LogP contribution >= 0.6 is 22.7 Å². The largest absolute Gasteiger partial charge is 0.372 e. The fourth-order valence-electron chi connectivity index (χ4n) is 4.91. The van der Waals surface area contributed by atoms with Crippen molar-refractivity contribution in [3.05, 3.63) is 88.8 Å². The van der Waals surface area contributed by atoms with E-state index in [2.05, 4.69) is 103 Å². The standard InChI is InChI=1S/C34H34N4S2/c1-4-7-8-9-24-10-11-26-19-27(13-12-25(26)18-24)28(23-35)20-31-21-32-33(39-31)22-34(40-32)37-36-29-14-16-30(17-15-29)38(5-2)6-3/h10-22H,4-9H2,1-3H3/b28-20+,37-36?. The number of allylic oxidation sites excluding steroid dienone is 1. The van der Waals surface area contributed by atoms with E-state index in [9.17, 15) is 5.26 Å². The number of nitrogens with zero attached hydrogens (tertiary/aromatic N) is 4. The predicted molar refractivity (Wildman–Crippen MR) is 175 cm³/mol. The highest BCUT2D eigenvalue weighted by atomic mass is 32.1. The van der Waals surface area contributed by atoms with Crippen molar-refractivity contribution in [2.24, 2.45) is 10.2 Å². The number of fused-ring (bicyclic) bond motifs is 2. The maximum absolute atomic E-state index is 9.96. The minimum atomic E-state index is 0.677. The van der Waals surface area contributed by atoms with E-state index in [0.717, 1.165) is 50.0 Å². The van der Waals surface area contributed by atoms with Gasteiger partial charge in [-0.3, -0.25) is 0 Å². The van der Waals surface area contributed by atoms with Gasteiger partial charge in [0.2, 0.25) is 0 Å². The molecule has 2 heterocycles. The second-order valence-electron chi connectivity index (χ2n) is 9.87. The van der Waals surface area contributed by atoms with Crippen molar-refractivity contribution in [3.8, 4) is 6.07 Å². The molecule has 0 aliphatic carbocycles. The topological polar surface area (TPSA) is 51.8 Å². The van der Waals surface area contributed by atoms with Gasteiger partial charge in [0.25, 0.3) is 0 Å². The van der Waals surface area contributed by atoms with Gasteiger partial charge >= 0.3 is 0 Å². The van der Waals surface area contributed by atoms with Gasteiger partial charge in [-0.2, -0.15) is 5.26 Å². The maximum atomic E-state index is 9.96. The summed E-state index contributed by atoms with van der Waals surface area (Å²) in [6, 6.07) is 27.9. The van der Waals surface area contributed by atoms with E-state index in [1.54, 1.807) is 22.7 Å². The van der Waals surface area contributed by atoms with Crippen molar-refractivity contribution in [1.82, 2.24) is 0 Å². The van der Waals surface area contributed by atoms with Crippen LogP contribution in [0.3, 0.4) is 0 Å². The predicted octanol–water partition coefficient (Wildman–Crippen LogP) is 11.2. The summed E-state index contributed by atoms with van der Waals surface area (Å²) in [4.78, 5) is 3.38. The van der Waals surface area contributed by atoms with Crippen LogP contribution in [0.1, 0.15) is 56.0 Å². The third kappa shape index (κ3) is 6.50. The van der Waals surface area contributed by atoms with Crippen LogP contribution in [0.25, 0.3) is 31.8 Å². The summed E-state index contributed by atoms with van der Waals surface area (Å²) in [5, 5.41) is 22.2. The van der Waals surface area contributed by atoms with E-state index in [-0.39, 0.29) is 0 Å². The van der Waals surface area contributed by atoms with Gasteiger partial charge in [0.15, 0.2) is 0 Å². The normalized spacial score (nSPS) is 12.0. The molecule has 4 nitrogen and oxygen atoms in total. The fraction of sp³-hybridized carbons (Fsp3) is 0.265. The Morgan fingerprint density at radius 1 is 0.825 bits per heavy atom. The van der Waals surface area contributed by atoms with E-state index in [4.69, 9.17) is 0 Å². The first-order chi connectivity index (χ1) is 19.6. The van der Waals surface area contributed by atoms with E-state index in [1.165, 1.54) is 41.3 Å². The van der Waals surface area contributed by atoms with Crippen molar-refractivity contribution in [3.63, 3.8) is 0 Å². The summed E-state index contributed by atoms with van der Waals surface area (Å²) >= 11 is 3.30. The molecule has 0 unspecified atom stereocenters. The Morgan fingerprint density at radius 3 is 2.30 bits per heavy atom. The van der Waals surface area contributed by atoms with Gasteiger partial charge < -0.3 is 4.90 Å². The van der Waals surface area contributed by atoms with Crippen LogP contribution < -0.4 is 4.90 Å². The van der Waals surface area contributed by atoms with E-state index in [0.29, 0.717) is 5.57 Å². The second-order valence-corrected chi connectivity index (χ2v) is 12.1. The van der Waals surface area contributed by atoms with Crippen molar-refractivity contribution >= 4 is 70.9 Å². The SMILES string of the molecule is CCCCCc1ccc2cc(/C(C#N)=C/c3cc4sc(N=Nc5ccc(N(CC)CC)cc5)cc4s3)ccc2c1. The Morgan fingerprint density at radius 2 is 1.57 bits per heavy atom. The molecule has 0 aliphatic heterocycles.